The molecule has 0 aliphatic carbocycles. The van der Waals surface area contributed by atoms with Gasteiger partial charge in [0.2, 0.25) is 0 Å². The summed E-state index contributed by atoms with van der Waals surface area (Å²) < 4.78 is 219. The number of anilines is 6. The monoisotopic (exact) mass is 1470 g/mol. The van der Waals surface area contributed by atoms with Crippen molar-refractivity contribution in [2.75, 3.05) is 9.80 Å². The van der Waals surface area contributed by atoms with E-state index in [0.29, 0.717) is 72.7 Å². The minimum Gasteiger partial charge on any atom is -0.0622 e. The third-order valence-corrected chi connectivity index (χ3v) is 23.9. The van der Waals surface area contributed by atoms with Crippen molar-refractivity contribution in [2.45, 2.75) is 78.6 Å². The van der Waals surface area contributed by atoms with Gasteiger partial charge in [0, 0.05) is 10.8 Å². The third-order valence-electron chi connectivity index (χ3n) is 21.5. The van der Waals surface area contributed by atoms with Crippen LogP contribution in [0.5, 0.6) is 0 Å². The van der Waals surface area contributed by atoms with Crippen LogP contribution in [0.1, 0.15) is 108 Å². The zero-order valence-corrected chi connectivity index (χ0v) is 62.5. The molecule has 2 aliphatic heterocycles. The normalized spacial score (nSPS) is 15.7. The molecule has 0 saturated heterocycles. The molecule has 2 aliphatic rings. The minimum atomic E-state index is -1.55. The molecule has 0 atom stereocenters. The predicted octanol–water partition coefficient (Wildman–Crippen LogP) is 25.6. The smallest absolute Gasteiger partial charge is 0.0622 e. The Morgan fingerprint density at radius 1 is 0.296 bits per heavy atom. The number of benzene rings is 15. The van der Waals surface area contributed by atoms with Crippen molar-refractivity contribution in [2.24, 2.45) is 0 Å². The summed E-state index contributed by atoms with van der Waals surface area (Å²) in [4.78, 5) is 4.03. The number of fused-ring (bicyclic) bond motifs is 13. The number of para-hydroxylation sites is 4. The Balaban J connectivity index is 1.10. The predicted molar refractivity (Wildman–Crippen MR) is 464 cm³/mol. The Morgan fingerprint density at radius 3 is 1.12 bits per heavy atom. The Bertz CT molecular complexity index is 7720. The molecule has 0 radical (unpaired) electrons. The first-order valence-corrected chi connectivity index (χ1v) is 38.1. The first-order chi connectivity index (χ1) is 61.3. The summed E-state index contributed by atoms with van der Waals surface area (Å²) in [5.41, 5.74) is 6.10. The summed E-state index contributed by atoms with van der Waals surface area (Å²) in [6.07, 6.45) is 0. The van der Waals surface area contributed by atoms with E-state index in [9.17, 15) is 28.8 Å². The fourth-order valence-corrected chi connectivity index (χ4v) is 18.6. The van der Waals surface area contributed by atoms with Gasteiger partial charge in [0.25, 0.3) is 0 Å². The van der Waals surface area contributed by atoms with Gasteiger partial charge in [-0.3, -0.25) is 0 Å². The second-order valence-corrected chi connectivity index (χ2v) is 33.5. The molecule has 3 aromatic heterocycles. The Morgan fingerprint density at radius 2 is 0.676 bits per heavy atom. The number of hydrogen-bond acceptors (Lipinski definition) is 2. The quantitative estimate of drug-likeness (QED) is 0.134. The average Bonchev–Trinajstić information content (AvgIpc) is 1.32. The van der Waals surface area contributed by atoms with E-state index in [0.717, 1.165) is 46.1 Å². The first-order valence-electron chi connectivity index (χ1n) is 46.9. The Kier molecular flexibility index (Phi) is 10.8. The van der Waals surface area contributed by atoms with Gasteiger partial charge in [-0.15, -0.1) is 0 Å². The third kappa shape index (κ3) is 10.5. The molecule has 5 heterocycles. The van der Waals surface area contributed by atoms with Crippen LogP contribution >= 0.6 is 0 Å². The molecule has 15 aromatic carbocycles. The van der Waals surface area contributed by atoms with E-state index < -0.39 is 181 Å². The van der Waals surface area contributed by atoms with Gasteiger partial charge in [0.05, 0.1) is 11.0 Å². The number of hydrogen-bond donors (Lipinski definition) is 0. The molecule has 0 amide bonds. The SMILES string of the molecule is [2H]c1c([2H])c(-n2c3c([2H])c([2H])c([2H])c([2H])c3c3c([2H])c([2H])c([2H])c([2H])c32)c([2H])c2c1B1c3c(cc(C(C)(C)C)cc3N(c3c(-c4ccccc4)cc(C(C)(C)C)cc3-c3ccccc3)c3c([2H])c(-n4c5c([2H])c([2H])c([2H])c([2H])c5c5c([2H])c([2H])c([2H])c([2H])c54)c([2H])c(-c4ccc5c(c4)[se]c4ccccc45)c31)N2c1c(-c2ccccc2)cc(C(C)(C)C)cc1-c1ccccc1. The summed E-state index contributed by atoms with van der Waals surface area (Å²) in [5, 5.41) is 0.635. The van der Waals surface area contributed by atoms with E-state index in [-0.39, 0.29) is 66.1 Å². The molecule has 0 N–H and O–H groups in total. The van der Waals surface area contributed by atoms with Gasteiger partial charge in [-0.05, 0) is 23.1 Å². The molecule has 4 nitrogen and oxygen atoms in total. The molecule has 0 bridgehead atoms. The van der Waals surface area contributed by atoms with Crippen LogP contribution in [0.4, 0.5) is 34.1 Å². The molecule has 108 heavy (non-hydrogen) atoms. The molecule has 6 heteroatoms. The van der Waals surface area contributed by atoms with Crippen LogP contribution in [0.3, 0.4) is 0 Å². The van der Waals surface area contributed by atoms with Crippen LogP contribution in [0.25, 0.3) is 130 Å². The van der Waals surface area contributed by atoms with Crippen LogP contribution < -0.4 is 26.2 Å². The summed E-state index contributed by atoms with van der Waals surface area (Å²) in [6.45, 7) is 17.4. The van der Waals surface area contributed by atoms with Gasteiger partial charge in [0.15, 0.2) is 0 Å². The maximum absolute atomic E-state index is 12.2. The summed E-state index contributed by atoms with van der Waals surface area (Å²) >= 11 is -0.406. The van der Waals surface area contributed by atoms with E-state index in [1.54, 1.807) is 0 Å². The molecule has 0 unspecified atom stereocenters. The first kappa shape index (κ1) is 46.9. The van der Waals surface area contributed by atoms with Crippen LogP contribution in [0.2, 0.25) is 0 Å². The topological polar surface area (TPSA) is 16.3 Å². The standard InChI is InChI=1S/C102H81BN4Se/c1-100(2,3)69-55-81(64-32-14-10-15-33-64)98(82(56-69)65-34-16-11-17-35-65)106-90-62-72(104-86-45-27-22-40-74(86)75-41-23-28-46-87(75)104)51-53-85(90)103-96-80(68-50-52-79-78-44-26-31-49-94(78)108-95(79)54-68)61-73(105-88-47-29-24-42-76(88)77-43-25-30-48-89(77)105)63-93(96)107(92-60-71(102(7,8)9)59-91(106)97(92)103)99-83(66-36-18-12-19-37-66)57-70(101(4,5)6)58-84(99)67-38-20-13-21-39-67/h10-63H,1-9H3/i22D,23D,24D,25D,27D,28D,29D,30D,40D,41D,42D,43D,45D,46D,47D,48D,51D,53D,61D,62D,63D. The molecule has 0 fully saturated rings. The van der Waals surface area contributed by atoms with Crippen LogP contribution in [0, 0.1) is 0 Å². The zero-order chi connectivity index (χ0) is 91.3. The van der Waals surface area contributed by atoms with Gasteiger partial charge in [0.1, 0.15) is 0 Å². The zero-order valence-electron chi connectivity index (χ0n) is 81.8. The van der Waals surface area contributed by atoms with Gasteiger partial charge in [-0.2, -0.15) is 0 Å². The number of nitrogens with zero attached hydrogens (tertiary/aromatic N) is 4. The van der Waals surface area contributed by atoms with Gasteiger partial charge >= 0.3 is 476 Å². The summed E-state index contributed by atoms with van der Waals surface area (Å²) in [5.74, 6) is 0. The van der Waals surface area contributed by atoms with Crippen molar-refractivity contribution in [1.29, 1.82) is 0 Å². The van der Waals surface area contributed by atoms with Crippen molar-refractivity contribution in [1.82, 2.24) is 9.13 Å². The van der Waals surface area contributed by atoms with Crippen LogP contribution in [-0.2, 0) is 16.2 Å². The summed E-state index contributed by atoms with van der Waals surface area (Å²) in [6, 6.07) is 51.9. The van der Waals surface area contributed by atoms with Crippen molar-refractivity contribution in [3.05, 3.63) is 344 Å². The second kappa shape index (κ2) is 24.8. The molecule has 0 spiro atoms. The van der Waals surface area contributed by atoms with Crippen molar-refractivity contribution >= 4 is 135 Å². The maximum atomic E-state index is 12.2. The van der Waals surface area contributed by atoms with Gasteiger partial charge in [-0.25, -0.2) is 0 Å². The van der Waals surface area contributed by atoms with E-state index in [1.165, 1.54) is 4.57 Å². The van der Waals surface area contributed by atoms with Gasteiger partial charge < -0.3 is 0 Å². The molecule has 0 saturated carbocycles. The molecule has 18 aromatic rings. The van der Waals surface area contributed by atoms with Gasteiger partial charge in [-0.1, -0.05) is 151 Å². The molecular weight excluding hydrogens is 1370 g/mol. The fraction of sp³-hybridized carbons (Fsp3) is 0.118. The number of aromatic nitrogens is 2. The van der Waals surface area contributed by atoms with Crippen molar-refractivity contribution in [3.8, 4) is 67.0 Å². The van der Waals surface area contributed by atoms with Crippen LogP contribution in [-0.4, -0.2) is 30.4 Å². The molecule has 518 valence electrons. The Labute approximate surface area is 668 Å². The van der Waals surface area contributed by atoms with Crippen LogP contribution in [0.15, 0.2) is 327 Å². The minimum absolute atomic E-state index is 0.00848. The van der Waals surface area contributed by atoms with E-state index in [1.807, 2.05) is 157 Å². The average molecular weight is 1470 g/mol. The molecule has 20 rings (SSSR count). The second-order valence-electron chi connectivity index (χ2n) is 31.2. The van der Waals surface area contributed by atoms with Crippen molar-refractivity contribution < 1.29 is 28.8 Å². The fourth-order valence-electron chi connectivity index (χ4n) is 16.2. The Hall–Kier alpha value is -11.9. The summed E-state index contributed by atoms with van der Waals surface area (Å²) in [7, 11) is 0. The van der Waals surface area contributed by atoms with E-state index in [2.05, 4.69) is 116 Å². The van der Waals surface area contributed by atoms with E-state index in [4.69, 9.17) is 0 Å². The molecular formula is C102H81BN4Se. The number of rotatable bonds is 9. The van der Waals surface area contributed by atoms with E-state index >= 15 is 0 Å². The van der Waals surface area contributed by atoms with Crippen molar-refractivity contribution in [3.63, 3.8) is 0 Å².